The zero-order valence-corrected chi connectivity index (χ0v) is 8.56. The van der Waals surface area contributed by atoms with E-state index in [1.165, 1.54) is 19.3 Å². The minimum atomic E-state index is 0.479. The lowest BCUT2D eigenvalue weighted by atomic mass is 9.74. The maximum Gasteiger partial charge on any atom is -0.00580 e. The third-order valence-electron chi connectivity index (χ3n) is 3.41. The van der Waals surface area contributed by atoms with Crippen LogP contribution in [-0.2, 0) is 0 Å². The van der Waals surface area contributed by atoms with Crippen molar-refractivity contribution in [3.05, 3.63) is 23.8 Å². The van der Waals surface area contributed by atoms with Crippen LogP contribution >= 0.6 is 0 Å². The first-order valence-electron chi connectivity index (χ1n) is 5.16. The van der Waals surface area contributed by atoms with Gasteiger partial charge in [-0.2, -0.15) is 0 Å². The van der Waals surface area contributed by atoms with Gasteiger partial charge in [0.1, 0.15) is 0 Å². The molecule has 68 valence electrons. The molecule has 1 rings (SSSR count). The van der Waals surface area contributed by atoms with Crippen LogP contribution in [0, 0.1) is 5.41 Å². The summed E-state index contributed by atoms with van der Waals surface area (Å²) in [5, 5.41) is 0. The molecule has 0 heterocycles. The summed E-state index contributed by atoms with van der Waals surface area (Å²) in [6.45, 7) is 6.92. The molecule has 0 saturated heterocycles. The zero-order valence-electron chi connectivity index (χ0n) is 8.56. The highest BCUT2D eigenvalue weighted by atomic mass is 14.3. The Morgan fingerprint density at radius 1 is 1.17 bits per heavy atom. The van der Waals surface area contributed by atoms with Crippen molar-refractivity contribution < 1.29 is 0 Å². The summed E-state index contributed by atoms with van der Waals surface area (Å²) in [6, 6.07) is 0. The molecule has 0 nitrogen and oxygen atoms in total. The van der Waals surface area contributed by atoms with E-state index in [4.69, 9.17) is 0 Å². The van der Waals surface area contributed by atoms with Crippen molar-refractivity contribution in [2.75, 3.05) is 0 Å². The van der Waals surface area contributed by atoms with Crippen molar-refractivity contribution in [1.82, 2.24) is 0 Å². The van der Waals surface area contributed by atoms with Gasteiger partial charge in [-0.25, -0.2) is 0 Å². The summed E-state index contributed by atoms with van der Waals surface area (Å²) in [5.41, 5.74) is 2.06. The van der Waals surface area contributed by atoms with Crippen LogP contribution in [0.1, 0.15) is 46.5 Å². The Hall–Kier alpha value is -0.520. The maximum atomic E-state index is 2.39. The summed E-state index contributed by atoms with van der Waals surface area (Å²) in [4.78, 5) is 0. The average molecular weight is 164 g/mol. The monoisotopic (exact) mass is 164 g/mol. The Morgan fingerprint density at radius 2 is 1.75 bits per heavy atom. The predicted octanol–water partition coefficient (Wildman–Crippen LogP) is 4.09. The molecule has 1 aliphatic rings. The largest absolute Gasteiger partial charge is 0.0804 e. The predicted molar refractivity (Wildman–Crippen MR) is 55.1 cm³/mol. The van der Waals surface area contributed by atoms with Gasteiger partial charge in [-0.05, 0) is 36.7 Å². The molecule has 0 atom stereocenters. The first-order chi connectivity index (χ1) is 5.79. The Kier molecular flexibility index (Phi) is 3.13. The van der Waals surface area contributed by atoms with Crippen molar-refractivity contribution in [2.24, 2.45) is 5.41 Å². The van der Waals surface area contributed by atoms with E-state index in [1.807, 2.05) is 0 Å². The van der Waals surface area contributed by atoms with Gasteiger partial charge in [0.25, 0.3) is 0 Å². The molecule has 0 amide bonds. The molecule has 0 heteroatoms. The maximum absolute atomic E-state index is 2.39. The van der Waals surface area contributed by atoms with Gasteiger partial charge >= 0.3 is 0 Å². The van der Waals surface area contributed by atoms with E-state index in [9.17, 15) is 0 Å². The van der Waals surface area contributed by atoms with Gasteiger partial charge in [-0.1, -0.05) is 39.0 Å². The minimum absolute atomic E-state index is 0.479. The van der Waals surface area contributed by atoms with E-state index in [0.29, 0.717) is 5.41 Å². The standard InChI is InChI=1S/C12H20/c1-4-12(5-2,6-3)11-9-7-8-10-11/h7,9-10H,4-6,8H2,1-3H3. The fraction of sp³-hybridized carbons (Fsp3) is 0.667. The highest BCUT2D eigenvalue weighted by molar-refractivity contribution is 5.32. The van der Waals surface area contributed by atoms with Crippen molar-refractivity contribution in [3.63, 3.8) is 0 Å². The summed E-state index contributed by atoms with van der Waals surface area (Å²) >= 11 is 0. The molecule has 0 radical (unpaired) electrons. The van der Waals surface area contributed by atoms with Crippen molar-refractivity contribution >= 4 is 0 Å². The molecule has 0 aliphatic heterocycles. The quantitative estimate of drug-likeness (QED) is 0.587. The van der Waals surface area contributed by atoms with Crippen LogP contribution in [0.3, 0.4) is 0 Å². The highest BCUT2D eigenvalue weighted by Gasteiger charge is 2.27. The molecule has 0 fully saturated rings. The van der Waals surface area contributed by atoms with E-state index in [0.717, 1.165) is 6.42 Å². The minimum Gasteiger partial charge on any atom is -0.0804 e. The Bertz CT molecular complexity index is 184. The Labute approximate surface area is 76.4 Å². The van der Waals surface area contributed by atoms with E-state index >= 15 is 0 Å². The molecule has 0 aromatic heterocycles. The van der Waals surface area contributed by atoms with Crippen molar-refractivity contribution in [2.45, 2.75) is 46.5 Å². The van der Waals surface area contributed by atoms with Gasteiger partial charge in [-0.15, -0.1) is 0 Å². The van der Waals surface area contributed by atoms with Crippen molar-refractivity contribution in [3.8, 4) is 0 Å². The normalized spacial score (nSPS) is 16.8. The molecule has 1 aliphatic carbocycles. The number of rotatable bonds is 4. The number of allylic oxidation sites excluding steroid dienone is 4. The average Bonchev–Trinajstić information content (AvgIpc) is 2.62. The lowest BCUT2D eigenvalue weighted by Gasteiger charge is -2.31. The summed E-state index contributed by atoms with van der Waals surface area (Å²) < 4.78 is 0. The van der Waals surface area contributed by atoms with Crippen LogP contribution in [0.5, 0.6) is 0 Å². The summed E-state index contributed by atoms with van der Waals surface area (Å²) in [5.74, 6) is 0. The van der Waals surface area contributed by atoms with Crippen LogP contribution in [0.25, 0.3) is 0 Å². The molecule has 0 N–H and O–H groups in total. The van der Waals surface area contributed by atoms with Crippen LogP contribution in [0.15, 0.2) is 23.8 Å². The second-order valence-electron chi connectivity index (χ2n) is 3.64. The van der Waals surface area contributed by atoms with Crippen LogP contribution in [0.4, 0.5) is 0 Å². The van der Waals surface area contributed by atoms with Crippen LogP contribution in [0.2, 0.25) is 0 Å². The van der Waals surface area contributed by atoms with Gasteiger partial charge in [0.15, 0.2) is 0 Å². The van der Waals surface area contributed by atoms with Gasteiger partial charge in [0, 0.05) is 0 Å². The number of hydrogen-bond acceptors (Lipinski definition) is 0. The van der Waals surface area contributed by atoms with Crippen LogP contribution < -0.4 is 0 Å². The molecular formula is C12H20. The second-order valence-corrected chi connectivity index (χ2v) is 3.64. The lowest BCUT2D eigenvalue weighted by molar-refractivity contribution is 0.322. The van der Waals surface area contributed by atoms with E-state index in [1.54, 1.807) is 5.57 Å². The smallest absolute Gasteiger partial charge is 0.00580 e. The molecule has 0 aromatic rings. The molecule has 12 heavy (non-hydrogen) atoms. The lowest BCUT2D eigenvalue weighted by Crippen LogP contribution is -2.19. The summed E-state index contributed by atoms with van der Waals surface area (Å²) in [6.07, 6.45) is 11.9. The van der Waals surface area contributed by atoms with Gasteiger partial charge in [-0.3, -0.25) is 0 Å². The third-order valence-corrected chi connectivity index (χ3v) is 3.41. The first-order valence-corrected chi connectivity index (χ1v) is 5.16. The molecule has 0 bridgehead atoms. The zero-order chi connectivity index (χ0) is 9.03. The Balaban J connectivity index is 2.83. The van der Waals surface area contributed by atoms with Crippen molar-refractivity contribution in [1.29, 1.82) is 0 Å². The second kappa shape index (κ2) is 3.93. The topological polar surface area (TPSA) is 0 Å². The van der Waals surface area contributed by atoms with E-state index < -0.39 is 0 Å². The van der Waals surface area contributed by atoms with E-state index in [2.05, 4.69) is 39.0 Å². The van der Waals surface area contributed by atoms with Gasteiger partial charge in [0.05, 0.1) is 0 Å². The first kappa shape index (κ1) is 9.57. The third kappa shape index (κ3) is 1.48. The molecular weight excluding hydrogens is 144 g/mol. The van der Waals surface area contributed by atoms with E-state index in [-0.39, 0.29) is 0 Å². The van der Waals surface area contributed by atoms with Gasteiger partial charge in [0.2, 0.25) is 0 Å². The SMILES string of the molecule is CCC(CC)(CC)C1=CCC=C1. The fourth-order valence-electron chi connectivity index (χ4n) is 2.21. The molecule has 0 unspecified atom stereocenters. The van der Waals surface area contributed by atoms with Crippen LogP contribution in [-0.4, -0.2) is 0 Å². The van der Waals surface area contributed by atoms with Gasteiger partial charge < -0.3 is 0 Å². The molecule has 0 saturated carbocycles. The molecule has 0 aromatic carbocycles. The summed E-state index contributed by atoms with van der Waals surface area (Å²) in [7, 11) is 0. The fourth-order valence-corrected chi connectivity index (χ4v) is 2.21. The highest BCUT2D eigenvalue weighted by Crippen LogP contribution is 2.40. The Morgan fingerprint density at radius 3 is 2.08 bits per heavy atom. The number of hydrogen-bond donors (Lipinski definition) is 0. The molecule has 0 spiro atoms.